The second-order valence-electron chi connectivity index (χ2n) is 6.10. The first-order valence-corrected chi connectivity index (χ1v) is 7.46. The molecule has 1 aliphatic rings. The van der Waals surface area contributed by atoms with E-state index in [9.17, 15) is 0 Å². The molecule has 0 aliphatic heterocycles. The van der Waals surface area contributed by atoms with Crippen molar-refractivity contribution in [3.63, 3.8) is 0 Å². The lowest BCUT2D eigenvalue weighted by Gasteiger charge is -2.44. The zero-order valence-electron chi connectivity index (χ0n) is 12.2. The van der Waals surface area contributed by atoms with Gasteiger partial charge in [0.1, 0.15) is 0 Å². The van der Waals surface area contributed by atoms with E-state index in [0.717, 1.165) is 19.0 Å². The highest BCUT2D eigenvalue weighted by Crippen LogP contribution is 2.39. The van der Waals surface area contributed by atoms with Crippen LogP contribution in [0.4, 0.5) is 0 Å². The highest BCUT2D eigenvalue weighted by molar-refractivity contribution is 4.91. The first-order chi connectivity index (χ1) is 8.08. The van der Waals surface area contributed by atoms with Gasteiger partial charge in [0.15, 0.2) is 0 Å². The molecule has 1 saturated carbocycles. The average molecular weight is 241 g/mol. The molecule has 0 spiro atoms. The summed E-state index contributed by atoms with van der Waals surface area (Å²) in [5.41, 5.74) is 0.221. The van der Waals surface area contributed by atoms with Crippen LogP contribution >= 0.6 is 0 Å². The summed E-state index contributed by atoms with van der Waals surface area (Å²) < 4.78 is 6.28. The van der Waals surface area contributed by atoms with Crippen molar-refractivity contribution in [2.45, 2.75) is 77.9 Å². The van der Waals surface area contributed by atoms with Crippen LogP contribution in [0, 0.1) is 5.92 Å². The molecule has 0 aromatic heterocycles. The molecule has 0 heterocycles. The zero-order chi connectivity index (χ0) is 12.7. The van der Waals surface area contributed by atoms with Crippen molar-refractivity contribution in [1.29, 1.82) is 0 Å². The number of rotatable bonds is 9. The molecule has 1 fully saturated rings. The molecule has 0 saturated heterocycles. The van der Waals surface area contributed by atoms with Gasteiger partial charge >= 0.3 is 0 Å². The smallest absolute Gasteiger partial charge is 0.0698 e. The van der Waals surface area contributed by atoms with Gasteiger partial charge in [-0.3, -0.25) is 0 Å². The maximum atomic E-state index is 6.28. The number of hydrogen-bond acceptors (Lipinski definition) is 2. The Morgan fingerprint density at radius 1 is 1.24 bits per heavy atom. The standard InChI is InChI=1S/C15H31NO/c1-5-7-14(4)17-15(8-6-9-15)10-11-16-12-13(2)3/h13-14,16H,5-12H2,1-4H3. The van der Waals surface area contributed by atoms with Gasteiger partial charge in [0.05, 0.1) is 11.7 Å². The lowest BCUT2D eigenvalue weighted by molar-refractivity contribution is -0.139. The van der Waals surface area contributed by atoms with Crippen LogP contribution in [0.2, 0.25) is 0 Å². The molecule has 2 heteroatoms. The summed E-state index contributed by atoms with van der Waals surface area (Å²) in [6.07, 6.45) is 7.93. The first-order valence-electron chi connectivity index (χ1n) is 7.46. The minimum Gasteiger partial charge on any atom is -0.372 e. The van der Waals surface area contributed by atoms with E-state index in [0.29, 0.717) is 6.10 Å². The molecule has 1 atom stereocenters. The van der Waals surface area contributed by atoms with E-state index in [2.05, 4.69) is 33.0 Å². The Hall–Kier alpha value is -0.0800. The Kier molecular flexibility index (Phi) is 6.50. The van der Waals surface area contributed by atoms with Gasteiger partial charge in [0.25, 0.3) is 0 Å². The minimum absolute atomic E-state index is 0.221. The van der Waals surface area contributed by atoms with Crippen molar-refractivity contribution in [1.82, 2.24) is 5.32 Å². The van der Waals surface area contributed by atoms with Gasteiger partial charge in [0.2, 0.25) is 0 Å². The summed E-state index contributed by atoms with van der Waals surface area (Å²) in [4.78, 5) is 0. The zero-order valence-corrected chi connectivity index (χ0v) is 12.2. The minimum atomic E-state index is 0.221. The van der Waals surface area contributed by atoms with E-state index in [1.807, 2.05) is 0 Å². The van der Waals surface area contributed by atoms with Crippen molar-refractivity contribution in [2.24, 2.45) is 5.92 Å². The van der Waals surface area contributed by atoms with Crippen LogP contribution < -0.4 is 5.32 Å². The lowest BCUT2D eigenvalue weighted by atomic mass is 9.77. The maximum absolute atomic E-state index is 6.28. The second kappa shape index (κ2) is 7.38. The summed E-state index contributed by atoms with van der Waals surface area (Å²) in [6, 6.07) is 0. The van der Waals surface area contributed by atoms with Crippen LogP contribution in [-0.2, 0) is 4.74 Å². The van der Waals surface area contributed by atoms with E-state index in [1.54, 1.807) is 0 Å². The highest BCUT2D eigenvalue weighted by Gasteiger charge is 2.38. The number of hydrogen-bond donors (Lipinski definition) is 1. The fourth-order valence-corrected chi connectivity index (χ4v) is 2.60. The Balaban J connectivity index is 2.21. The van der Waals surface area contributed by atoms with Crippen LogP contribution in [0.1, 0.15) is 66.2 Å². The summed E-state index contributed by atoms with van der Waals surface area (Å²) in [5, 5.41) is 3.53. The molecule has 0 aromatic rings. The molecule has 1 aliphatic carbocycles. The maximum Gasteiger partial charge on any atom is 0.0698 e. The van der Waals surface area contributed by atoms with Crippen molar-refractivity contribution in [3.8, 4) is 0 Å². The molecule has 17 heavy (non-hydrogen) atoms. The first kappa shape index (κ1) is 15.0. The van der Waals surface area contributed by atoms with Crippen LogP contribution in [0.5, 0.6) is 0 Å². The number of ether oxygens (including phenoxy) is 1. The molecule has 0 bridgehead atoms. The third-order valence-corrected chi connectivity index (χ3v) is 3.72. The van der Waals surface area contributed by atoms with E-state index in [-0.39, 0.29) is 5.60 Å². The van der Waals surface area contributed by atoms with E-state index in [1.165, 1.54) is 38.5 Å². The lowest BCUT2D eigenvalue weighted by Crippen LogP contribution is -2.45. The van der Waals surface area contributed by atoms with Crippen LogP contribution in [-0.4, -0.2) is 24.8 Å². The fraction of sp³-hybridized carbons (Fsp3) is 1.00. The topological polar surface area (TPSA) is 21.3 Å². The van der Waals surface area contributed by atoms with E-state index >= 15 is 0 Å². The van der Waals surface area contributed by atoms with Crippen LogP contribution in [0.3, 0.4) is 0 Å². The molecule has 1 rings (SSSR count). The molecule has 1 N–H and O–H groups in total. The van der Waals surface area contributed by atoms with Crippen LogP contribution in [0.15, 0.2) is 0 Å². The second-order valence-corrected chi connectivity index (χ2v) is 6.10. The quantitative estimate of drug-likeness (QED) is 0.621. The molecule has 0 radical (unpaired) electrons. The highest BCUT2D eigenvalue weighted by atomic mass is 16.5. The molecule has 0 aromatic carbocycles. The molecular weight excluding hydrogens is 210 g/mol. The Morgan fingerprint density at radius 2 is 1.94 bits per heavy atom. The van der Waals surface area contributed by atoms with Gasteiger partial charge in [-0.05, 0) is 58.0 Å². The summed E-state index contributed by atoms with van der Waals surface area (Å²) in [6.45, 7) is 11.2. The van der Waals surface area contributed by atoms with Gasteiger partial charge < -0.3 is 10.1 Å². The van der Waals surface area contributed by atoms with Gasteiger partial charge in [0, 0.05) is 0 Å². The van der Waals surface area contributed by atoms with Crippen LogP contribution in [0.25, 0.3) is 0 Å². The van der Waals surface area contributed by atoms with Gasteiger partial charge in [-0.2, -0.15) is 0 Å². The summed E-state index contributed by atoms with van der Waals surface area (Å²) in [5.74, 6) is 0.743. The largest absolute Gasteiger partial charge is 0.372 e. The average Bonchev–Trinajstić information content (AvgIpc) is 2.20. The Morgan fingerprint density at radius 3 is 2.41 bits per heavy atom. The Labute approximate surface area is 108 Å². The third kappa shape index (κ3) is 5.39. The van der Waals surface area contributed by atoms with Crippen molar-refractivity contribution >= 4 is 0 Å². The number of nitrogens with one attached hydrogen (secondary N) is 1. The fourth-order valence-electron chi connectivity index (χ4n) is 2.60. The molecular formula is C15H31NO. The van der Waals surface area contributed by atoms with Gasteiger partial charge in [-0.15, -0.1) is 0 Å². The van der Waals surface area contributed by atoms with E-state index in [4.69, 9.17) is 4.74 Å². The predicted octanol–water partition coefficient (Wildman–Crippen LogP) is 3.75. The van der Waals surface area contributed by atoms with Crippen molar-refractivity contribution in [3.05, 3.63) is 0 Å². The summed E-state index contributed by atoms with van der Waals surface area (Å²) >= 11 is 0. The van der Waals surface area contributed by atoms with Gasteiger partial charge in [-0.1, -0.05) is 27.2 Å². The summed E-state index contributed by atoms with van der Waals surface area (Å²) in [7, 11) is 0. The monoisotopic (exact) mass is 241 g/mol. The molecule has 2 nitrogen and oxygen atoms in total. The van der Waals surface area contributed by atoms with Gasteiger partial charge in [-0.25, -0.2) is 0 Å². The predicted molar refractivity (Wildman–Crippen MR) is 74.4 cm³/mol. The van der Waals surface area contributed by atoms with E-state index < -0.39 is 0 Å². The van der Waals surface area contributed by atoms with Crippen molar-refractivity contribution in [2.75, 3.05) is 13.1 Å². The normalized spacial score (nSPS) is 20.3. The molecule has 102 valence electrons. The van der Waals surface area contributed by atoms with Crippen molar-refractivity contribution < 1.29 is 4.74 Å². The molecule has 0 amide bonds. The SMILES string of the molecule is CCCC(C)OC1(CCNCC(C)C)CCC1. The third-order valence-electron chi connectivity index (χ3n) is 3.72. The molecule has 1 unspecified atom stereocenters. The Bertz CT molecular complexity index is 199.